The number of aliphatic hydroxyl groups is 1. The molecule has 5 nitrogen and oxygen atoms in total. The summed E-state index contributed by atoms with van der Waals surface area (Å²) in [6.07, 6.45) is 4.82. The molecule has 3 unspecified atom stereocenters. The summed E-state index contributed by atoms with van der Waals surface area (Å²) in [4.78, 5) is 18.0. The number of β-amino-alcohol motifs (C(OH)–C–C–N with tert-alkyl or cyclic N) is 1. The molecule has 2 N–H and O–H groups in total. The highest BCUT2D eigenvalue weighted by atomic mass is 35.5. The third kappa shape index (κ3) is 5.85. The number of rotatable bonds is 8. The van der Waals surface area contributed by atoms with E-state index in [0.717, 1.165) is 37.1 Å². The molecule has 1 aliphatic carbocycles. The number of halogens is 2. The number of nitrogens with zero attached hydrogens (tertiary/aromatic N) is 2. The molecule has 7 heteroatoms. The van der Waals surface area contributed by atoms with Crippen LogP contribution >= 0.6 is 23.2 Å². The second-order valence-electron chi connectivity index (χ2n) is 11.2. The molecule has 1 amide bonds. The van der Waals surface area contributed by atoms with Gasteiger partial charge in [0, 0.05) is 31.1 Å². The number of hydrogen-bond acceptors (Lipinski definition) is 4. The summed E-state index contributed by atoms with van der Waals surface area (Å²) in [6, 6.07) is 12.6. The molecule has 1 heterocycles. The molecule has 2 aromatic rings. The van der Waals surface area contributed by atoms with Crippen molar-refractivity contribution >= 4 is 29.1 Å². The third-order valence-electron chi connectivity index (χ3n) is 8.15. The number of piperidine rings is 1. The molecule has 2 fully saturated rings. The van der Waals surface area contributed by atoms with Gasteiger partial charge >= 0.3 is 0 Å². The summed E-state index contributed by atoms with van der Waals surface area (Å²) in [5.41, 5.74) is 0.250. The van der Waals surface area contributed by atoms with E-state index >= 15 is 0 Å². The highest BCUT2D eigenvalue weighted by Crippen LogP contribution is 2.53. The van der Waals surface area contributed by atoms with Gasteiger partial charge in [-0.2, -0.15) is 0 Å². The fourth-order valence-corrected chi connectivity index (χ4v) is 6.74. The molecule has 1 aliphatic heterocycles. The van der Waals surface area contributed by atoms with Crippen molar-refractivity contribution in [2.24, 2.45) is 5.92 Å². The number of aromatic hydroxyl groups is 1. The predicted molar refractivity (Wildman–Crippen MR) is 150 cm³/mol. The SMILES string of the molecule is C=CCN1CCC2(c3cccc(O)c3)CC(N(CC(C)C)C(=O)Cc3ccc(Cl)c(Cl)c3)CCC2(O)C1. The zero-order valence-corrected chi connectivity index (χ0v) is 23.3. The Kier molecular flexibility index (Phi) is 8.59. The van der Waals surface area contributed by atoms with Crippen molar-refractivity contribution in [3.8, 4) is 5.75 Å². The minimum atomic E-state index is -0.963. The quantitative estimate of drug-likeness (QED) is 0.409. The van der Waals surface area contributed by atoms with Gasteiger partial charge < -0.3 is 15.1 Å². The summed E-state index contributed by atoms with van der Waals surface area (Å²) in [7, 11) is 0. The number of hydrogen-bond donors (Lipinski definition) is 2. The number of carbonyl (C=O) groups excluding carboxylic acids is 1. The second kappa shape index (κ2) is 11.4. The van der Waals surface area contributed by atoms with Crippen molar-refractivity contribution in [1.82, 2.24) is 9.80 Å². The average molecular weight is 546 g/mol. The zero-order chi connectivity index (χ0) is 26.8. The van der Waals surface area contributed by atoms with E-state index in [1.165, 1.54) is 0 Å². The molecule has 2 aliphatic rings. The van der Waals surface area contributed by atoms with Crippen molar-refractivity contribution in [1.29, 1.82) is 0 Å². The normalized spacial score (nSPS) is 26.1. The van der Waals surface area contributed by atoms with Crippen LogP contribution in [0.2, 0.25) is 10.0 Å². The van der Waals surface area contributed by atoms with Crippen LogP contribution in [0, 0.1) is 5.92 Å². The van der Waals surface area contributed by atoms with E-state index < -0.39 is 11.0 Å². The second-order valence-corrected chi connectivity index (χ2v) is 12.0. The first kappa shape index (κ1) is 28.0. The van der Waals surface area contributed by atoms with Gasteiger partial charge in [0.15, 0.2) is 0 Å². The molecule has 200 valence electrons. The molecule has 0 radical (unpaired) electrons. The highest BCUT2D eigenvalue weighted by molar-refractivity contribution is 6.42. The largest absolute Gasteiger partial charge is 0.508 e. The number of fused-ring (bicyclic) bond motifs is 1. The van der Waals surface area contributed by atoms with E-state index in [2.05, 4.69) is 25.3 Å². The van der Waals surface area contributed by atoms with Gasteiger partial charge in [0.05, 0.1) is 22.1 Å². The molecule has 4 rings (SSSR count). The molecule has 37 heavy (non-hydrogen) atoms. The summed E-state index contributed by atoms with van der Waals surface area (Å²) in [6.45, 7) is 10.9. The van der Waals surface area contributed by atoms with Crippen molar-refractivity contribution in [2.45, 2.75) is 63.0 Å². The number of phenolic OH excluding ortho intramolecular Hbond substituents is 1. The fraction of sp³-hybridized carbons (Fsp3) is 0.500. The molecule has 1 saturated heterocycles. The standard InChI is InChI=1S/C30H38Cl2N2O3/c1-4-13-33-14-12-29(23-6-5-7-25(35)17-23)18-24(10-11-30(29,37)20-33)34(19-21(2)3)28(36)16-22-8-9-26(31)27(32)15-22/h4-9,15,17,21,24,35,37H,1,10-14,16,18-20H2,2-3H3. The van der Waals surface area contributed by atoms with E-state index in [1.807, 2.05) is 29.2 Å². The van der Waals surface area contributed by atoms with Crippen molar-refractivity contribution in [3.63, 3.8) is 0 Å². The predicted octanol–water partition coefficient (Wildman–Crippen LogP) is 5.84. The van der Waals surface area contributed by atoms with Crippen LogP contribution in [0.4, 0.5) is 0 Å². The highest BCUT2D eigenvalue weighted by Gasteiger charge is 2.58. The minimum absolute atomic E-state index is 0.0220. The van der Waals surface area contributed by atoms with Crippen molar-refractivity contribution < 1.29 is 15.0 Å². The van der Waals surface area contributed by atoms with Crippen LogP contribution in [0.15, 0.2) is 55.1 Å². The minimum Gasteiger partial charge on any atom is -0.508 e. The Morgan fingerprint density at radius 1 is 1.22 bits per heavy atom. The molecule has 3 atom stereocenters. The Labute approximate surface area is 230 Å². The van der Waals surface area contributed by atoms with E-state index in [-0.39, 0.29) is 24.1 Å². The van der Waals surface area contributed by atoms with Gasteiger partial charge in [0.25, 0.3) is 0 Å². The van der Waals surface area contributed by atoms with Gasteiger partial charge in [-0.1, -0.05) is 61.3 Å². The van der Waals surface area contributed by atoms with Crippen LogP contribution in [0.1, 0.15) is 50.7 Å². The first-order valence-corrected chi connectivity index (χ1v) is 13.9. The van der Waals surface area contributed by atoms with E-state index in [9.17, 15) is 15.0 Å². The Hall–Kier alpha value is -2.05. The third-order valence-corrected chi connectivity index (χ3v) is 8.89. The summed E-state index contributed by atoms with van der Waals surface area (Å²) < 4.78 is 0. The van der Waals surface area contributed by atoms with Crippen LogP contribution < -0.4 is 0 Å². The molecule has 0 spiro atoms. The van der Waals surface area contributed by atoms with Gasteiger partial charge in [0.2, 0.25) is 5.91 Å². The first-order chi connectivity index (χ1) is 17.6. The average Bonchev–Trinajstić information content (AvgIpc) is 2.84. The number of amides is 1. The Bertz CT molecular complexity index is 1140. The lowest BCUT2D eigenvalue weighted by Gasteiger charge is -2.59. The Balaban J connectivity index is 1.67. The lowest BCUT2D eigenvalue weighted by atomic mass is 9.55. The molecular formula is C30H38Cl2N2O3. The van der Waals surface area contributed by atoms with Gasteiger partial charge in [-0.05, 0) is 73.5 Å². The molecular weight excluding hydrogens is 507 g/mol. The number of phenols is 1. The summed E-state index contributed by atoms with van der Waals surface area (Å²) in [5, 5.41) is 23.5. The molecule has 0 bridgehead atoms. The molecule has 0 aromatic heterocycles. The maximum atomic E-state index is 13.7. The Morgan fingerprint density at radius 3 is 2.68 bits per heavy atom. The van der Waals surface area contributed by atoms with E-state index in [1.54, 1.807) is 24.3 Å². The van der Waals surface area contributed by atoms with Crippen LogP contribution in [-0.4, -0.2) is 63.7 Å². The van der Waals surface area contributed by atoms with Gasteiger partial charge in [-0.25, -0.2) is 0 Å². The first-order valence-electron chi connectivity index (χ1n) is 13.2. The molecule has 1 saturated carbocycles. The number of likely N-dealkylation sites (tertiary alicyclic amines) is 1. The zero-order valence-electron chi connectivity index (χ0n) is 21.8. The number of carbonyl (C=O) groups is 1. The topological polar surface area (TPSA) is 64.0 Å². The maximum absolute atomic E-state index is 13.7. The van der Waals surface area contributed by atoms with E-state index in [4.69, 9.17) is 23.2 Å². The van der Waals surface area contributed by atoms with Gasteiger partial charge in [-0.15, -0.1) is 6.58 Å². The maximum Gasteiger partial charge on any atom is 0.227 e. The van der Waals surface area contributed by atoms with Crippen molar-refractivity contribution in [3.05, 3.63) is 76.3 Å². The van der Waals surface area contributed by atoms with E-state index in [0.29, 0.717) is 41.9 Å². The number of benzene rings is 2. The van der Waals surface area contributed by atoms with Crippen LogP contribution in [0.25, 0.3) is 0 Å². The lowest BCUT2D eigenvalue weighted by molar-refractivity contribution is -0.149. The fourth-order valence-electron chi connectivity index (χ4n) is 6.41. The van der Waals surface area contributed by atoms with Crippen LogP contribution in [0.5, 0.6) is 5.75 Å². The van der Waals surface area contributed by atoms with Crippen molar-refractivity contribution in [2.75, 3.05) is 26.2 Å². The van der Waals surface area contributed by atoms with Gasteiger partial charge in [0.1, 0.15) is 5.75 Å². The summed E-state index contributed by atoms with van der Waals surface area (Å²) in [5.74, 6) is 0.544. The lowest BCUT2D eigenvalue weighted by Crippen LogP contribution is -2.67. The molecule has 2 aromatic carbocycles. The Morgan fingerprint density at radius 2 is 2.00 bits per heavy atom. The monoisotopic (exact) mass is 544 g/mol. The van der Waals surface area contributed by atoms with Gasteiger partial charge in [-0.3, -0.25) is 9.69 Å². The summed E-state index contributed by atoms with van der Waals surface area (Å²) >= 11 is 12.3. The van der Waals surface area contributed by atoms with Crippen LogP contribution in [0.3, 0.4) is 0 Å². The smallest absolute Gasteiger partial charge is 0.227 e. The van der Waals surface area contributed by atoms with Crippen LogP contribution in [-0.2, 0) is 16.6 Å².